The normalized spacial score (nSPS) is 37.2. The fourth-order valence-electron chi connectivity index (χ4n) is 2.34. The Bertz CT molecular complexity index is 249. The van der Waals surface area contributed by atoms with Gasteiger partial charge >= 0.3 is 0 Å². The van der Waals surface area contributed by atoms with E-state index in [2.05, 4.69) is 10.6 Å². The van der Waals surface area contributed by atoms with E-state index in [0.29, 0.717) is 5.92 Å². The van der Waals surface area contributed by atoms with Gasteiger partial charge in [0.2, 0.25) is 5.91 Å². The molecule has 0 aromatic heterocycles. The van der Waals surface area contributed by atoms with Crippen molar-refractivity contribution in [2.24, 2.45) is 5.92 Å². The lowest BCUT2D eigenvalue weighted by molar-refractivity contribution is -0.119. The molecular formula is C10H16N2O. The number of fused-ring (bicyclic) bond motifs is 1. The number of rotatable bonds is 2. The summed E-state index contributed by atoms with van der Waals surface area (Å²) in [4.78, 5) is 11.4. The summed E-state index contributed by atoms with van der Waals surface area (Å²) in [5, 5.41) is 6.44. The Morgan fingerprint density at radius 3 is 3.08 bits per heavy atom. The molecule has 0 radical (unpaired) electrons. The molecule has 1 amide bonds. The van der Waals surface area contributed by atoms with Crippen molar-refractivity contribution < 1.29 is 4.79 Å². The highest BCUT2D eigenvalue weighted by molar-refractivity contribution is 5.88. The Labute approximate surface area is 78.6 Å². The van der Waals surface area contributed by atoms with Crippen LogP contribution in [0.25, 0.3) is 0 Å². The molecule has 1 aliphatic heterocycles. The van der Waals surface area contributed by atoms with Crippen molar-refractivity contribution in [3.8, 4) is 0 Å². The molecule has 1 aliphatic carbocycles. The van der Waals surface area contributed by atoms with Gasteiger partial charge in [0.1, 0.15) is 0 Å². The first-order valence-electron chi connectivity index (χ1n) is 4.92. The second-order valence-corrected chi connectivity index (χ2v) is 4.01. The summed E-state index contributed by atoms with van der Waals surface area (Å²) in [6.45, 7) is 3.87. The average molecular weight is 180 g/mol. The quantitative estimate of drug-likeness (QED) is 0.605. The van der Waals surface area contributed by atoms with Crippen LogP contribution in [0.4, 0.5) is 0 Å². The van der Waals surface area contributed by atoms with Crippen LogP contribution in [0.5, 0.6) is 0 Å². The summed E-state index contributed by atoms with van der Waals surface area (Å²) in [7, 11) is 0. The number of hydrogen-bond acceptors (Lipinski definition) is 2. The molecule has 3 heteroatoms. The van der Waals surface area contributed by atoms with E-state index < -0.39 is 0 Å². The van der Waals surface area contributed by atoms with Gasteiger partial charge in [-0.1, -0.05) is 6.08 Å². The van der Waals surface area contributed by atoms with Crippen molar-refractivity contribution in [3.63, 3.8) is 0 Å². The fraction of sp³-hybridized carbons (Fsp3) is 0.700. The highest BCUT2D eigenvalue weighted by atomic mass is 16.1. The number of hydrogen-bond donors (Lipinski definition) is 2. The van der Waals surface area contributed by atoms with Gasteiger partial charge in [0.25, 0.3) is 0 Å². The number of nitrogens with one attached hydrogen (secondary N) is 2. The van der Waals surface area contributed by atoms with Gasteiger partial charge in [-0.05, 0) is 31.8 Å². The Balaban J connectivity index is 1.97. The first kappa shape index (κ1) is 8.75. The lowest BCUT2D eigenvalue weighted by atomic mass is 9.69. The molecule has 72 valence electrons. The fourth-order valence-corrected chi connectivity index (χ4v) is 2.34. The van der Waals surface area contributed by atoms with Crippen molar-refractivity contribution in [1.82, 2.24) is 10.6 Å². The monoisotopic (exact) mass is 180 g/mol. The van der Waals surface area contributed by atoms with Crippen molar-refractivity contribution in [1.29, 1.82) is 0 Å². The zero-order chi connectivity index (χ0) is 9.31. The maximum atomic E-state index is 11.4. The summed E-state index contributed by atoms with van der Waals surface area (Å²) in [6, 6.07) is 0. The zero-order valence-corrected chi connectivity index (χ0v) is 7.97. The molecule has 0 aromatic rings. The number of carbonyl (C=O) groups is 1. The van der Waals surface area contributed by atoms with E-state index in [4.69, 9.17) is 0 Å². The van der Waals surface area contributed by atoms with Crippen LogP contribution in [-0.2, 0) is 4.79 Å². The molecule has 2 N–H and O–H groups in total. The summed E-state index contributed by atoms with van der Waals surface area (Å²) >= 11 is 0. The van der Waals surface area contributed by atoms with E-state index >= 15 is 0 Å². The van der Waals surface area contributed by atoms with Gasteiger partial charge in [0.15, 0.2) is 0 Å². The number of allylic oxidation sites excluding steroid dienone is 1. The predicted molar refractivity (Wildman–Crippen MR) is 51.3 cm³/mol. The second kappa shape index (κ2) is 3.14. The summed E-state index contributed by atoms with van der Waals surface area (Å²) in [5.41, 5.74) is 0.0938. The maximum Gasteiger partial charge on any atom is 0.244 e. The van der Waals surface area contributed by atoms with Crippen LogP contribution < -0.4 is 10.6 Å². The minimum Gasteiger partial charge on any atom is -0.346 e. The Hall–Kier alpha value is -0.830. The predicted octanol–water partition coefficient (Wildman–Crippen LogP) is 0.431. The molecule has 2 atom stereocenters. The third kappa shape index (κ3) is 1.37. The first-order chi connectivity index (χ1) is 6.27. The molecule has 2 fully saturated rings. The smallest absolute Gasteiger partial charge is 0.244 e. The zero-order valence-electron chi connectivity index (χ0n) is 7.97. The molecule has 0 spiro atoms. The van der Waals surface area contributed by atoms with E-state index in [1.165, 1.54) is 6.42 Å². The molecule has 1 saturated carbocycles. The lowest BCUT2D eigenvalue weighted by Crippen LogP contribution is -2.59. The molecule has 2 aliphatic rings. The van der Waals surface area contributed by atoms with Crippen LogP contribution in [0.15, 0.2) is 12.2 Å². The SMILES string of the molecule is C/C=C/C(=O)NC12CCC1CNC2. The van der Waals surface area contributed by atoms with Gasteiger partial charge in [-0.25, -0.2) is 0 Å². The van der Waals surface area contributed by atoms with Crippen LogP contribution in [-0.4, -0.2) is 24.5 Å². The maximum absolute atomic E-state index is 11.4. The topological polar surface area (TPSA) is 41.1 Å². The highest BCUT2D eigenvalue weighted by Gasteiger charge is 2.50. The van der Waals surface area contributed by atoms with E-state index in [1.807, 2.05) is 6.92 Å². The Morgan fingerprint density at radius 1 is 1.69 bits per heavy atom. The standard InChI is InChI=1S/C10H16N2O/c1-2-3-9(13)12-10-5-4-8(10)6-11-7-10/h2-3,8,11H,4-7H2,1H3,(H,12,13)/b3-2+. The van der Waals surface area contributed by atoms with Crippen molar-refractivity contribution >= 4 is 5.91 Å². The molecule has 2 rings (SSSR count). The molecule has 1 heterocycles. The molecule has 13 heavy (non-hydrogen) atoms. The third-order valence-electron chi connectivity index (χ3n) is 3.24. The minimum atomic E-state index is 0.0518. The average Bonchev–Trinajstić information content (AvgIpc) is 2.32. The summed E-state index contributed by atoms with van der Waals surface area (Å²) in [5.74, 6) is 0.720. The Morgan fingerprint density at radius 2 is 2.54 bits per heavy atom. The van der Waals surface area contributed by atoms with Crippen LogP contribution >= 0.6 is 0 Å². The molecule has 2 unspecified atom stereocenters. The van der Waals surface area contributed by atoms with Gasteiger partial charge in [0, 0.05) is 13.1 Å². The molecule has 1 saturated heterocycles. The van der Waals surface area contributed by atoms with Crippen molar-refractivity contribution in [3.05, 3.63) is 12.2 Å². The number of amides is 1. The van der Waals surface area contributed by atoms with Gasteiger partial charge in [-0.15, -0.1) is 0 Å². The van der Waals surface area contributed by atoms with Crippen molar-refractivity contribution in [2.75, 3.05) is 13.1 Å². The lowest BCUT2D eigenvalue weighted by Gasteiger charge is -2.44. The molecule has 3 nitrogen and oxygen atoms in total. The van der Waals surface area contributed by atoms with E-state index in [0.717, 1.165) is 19.5 Å². The molecular weight excluding hydrogens is 164 g/mol. The van der Waals surface area contributed by atoms with Gasteiger partial charge in [-0.2, -0.15) is 0 Å². The summed E-state index contributed by atoms with van der Waals surface area (Å²) < 4.78 is 0. The third-order valence-corrected chi connectivity index (χ3v) is 3.24. The van der Waals surface area contributed by atoms with Crippen LogP contribution in [0.3, 0.4) is 0 Å². The van der Waals surface area contributed by atoms with Crippen molar-refractivity contribution in [2.45, 2.75) is 25.3 Å². The van der Waals surface area contributed by atoms with Crippen LogP contribution in [0, 0.1) is 5.92 Å². The minimum absolute atomic E-state index is 0.0518. The number of carbonyl (C=O) groups excluding carboxylic acids is 1. The molecule has 0 aromatic carbocycles. The van der Waals surface area contributed by atoms with E-state index in [1.54, 1.807) is 12.2 Å². The summed E-state index contributed by atoms with van der Waals surface area (Å²) in [6.07, 6.45) is 5.77. The van der Waals surface area contributed by atoms with E-state index in [9.17, 15) is 4.79 Å². The molecule has 0 bridgehead atoms. The first-order valence-corrected chi connectivity index (χ1v) is 4.92. The van der Waals surface area contributed by atoms with Crippen LogP contribution in [0.2, 0.25) is 0 Å². The van der Waals surface area contributed by atoms with Gasteiger partial charge < -0.3 is 10.6 Å². The highest BCUT2D eigenvalue weighted by Crippen LogP contribution is 2.40. The second-order valence-electron chi connectivity index (χ2n) is 4.01. The van der Waals surface area contributed by atoms with Gasteiger partial charge in [0.05, 0.1) is 5.54 Å². The van der Waals surface area contributed by atoms with E-state index in [-0.39, 0.29) is 11.4 Å². The van der Waals surface area contributed by atoms with Crippen LogP contribution in [0.1, 0.15) is 19.8 Å². The Kier molecular flexibility index (Phi) is 2.12. The largest absolute Gasteiger partial charge is 0.346 e. The van der Waals surface area contributed by atoms with Gasteiger partial charge in [-0.3, -0.25) is 4.79 Å².